The molecule has 0 aromatic heterocycles. The van der Waals surface area contributed by atoms with Gasteiger partial charge in [-0.2, -0.15) is 0 Å². The van der Waals surface area contributed by atoms with Crippen LogP contribution in [-0.4, -0.2) is 14.7 Å². The van der Waals surface area contributed by atoms with E-state index in [-0.39, 0.29) is 59.1 Å². The predicted octanol–water partition coefficient (Wildman–Crippen LogP) is -8.14. The molecule has 12 heavy (non-hydrogen) atoms. The summed E-state index contributed by atoms with van der Waals surface area (Å²) in [4.78, 5) is 38.4. The van der Waals surface area contributed by atoms with E-state index in [0.29, 0.717) is 0 Å². The van der Waals surface area contributed by atoms with Gasteiger partial charge in [-0.1, -0.05) is 0 Å². The zero-order valence-electron chi connectivity index (χ0n) is 6.25. The van der Waals surface area contributed by atoms with Gasteiger partial charge >= 0.3 is 66.9 Å². The minimum Gasteiger partial charge on any atom is -0.786 e. The maximum Gasteiger partial charge on any atom is 1.00 e. The van der Waals surface area contributed by atoms with Crippen LogP contribution in [-0.2, 0) is 9.13 Å². The first-order valence-electron chi connectivity index (χ1n) is 1.50. The fourth-order valence-corrected chi connectivity index (χ4v) is 0. The zero-order valence-corrected chi connectivity index (χ0v) is 12.0. The normalized spacial score (nSPS) is 9.83. The summed E-state index contributed by atoms with van der Waals surface area (Å²) in [5.41, 5.74) is 0. The minimum absolute atomic E-state index is 0. The molecule has 0 unspecified atom stereocenters. The Balaban J connectivity index is -0.0000000457. The van der Waals surface area contributed by atoms with Crippen molar-refractivity contribution in [3.63, 3.8) is 0 Å². The van der Waals surface area contributed by atoms with E-state index in [1.54, 1.807) is 0 Å². The largest absolute Gasteiger partial charge is 1.00 e. The van der Waals surface area contributed by atoms with Crippen LogP contribution in [0.4, 0.5) is 4.20 Å². The fraction of sp³-hybridized carbons (Fsp3) is 0. The smallest absolute Gasteiger partial charge is 0.786 e. The van der Waals surface area contributed by atoms with Gasteiger partial charge in [0, 0.05) is 0 Å². The van der Waals surface area contributed by atoms with E-state index in [1.807, 2.05) is 0 Å². The Morgan fingerprint density at radius 1 is 1.00 bits per heavy atom. The summed E-state index contributed by atoms with van der Waals surface area (Å²) >= 11 is 0. The SMILES string of the molecule is O=P(O)(O)O.O=P([O-])([O-])F.[Na+].[Na+]. The quantitative estimate of drug-likeness (QED) is 0.283. The third kappa shape index (κ3) is 318. The molecule has 0 saturated carbocycles. The Kier molecular flexibility index (Phi) is 19.3. The van der Waals surface area contributed by atoms with Crippen LogP contribution in [0.3, 0.4) is 0 Å². The van der Waals surface area contributed by atoms with Crippen LogP contribution >= 0.6 is 15.7 Å². The van der Waals surface area contributed by atoms with Gasteiger partial charge in [0.25, 0.3) is 0 Å². The van der Waals surface area contributed by atoms with Crippen molar-refractivity contribution in [2.45, 2.75) is 0 Å². The molecular weight excluding hydrogens is 239 g/mol. The Labute approximate surface area is 111 Å². The summed E-state index contributed by atoms with van der Waals surface area (Å²) in [6, 6.07) is 0. The van der Waals surface area contributed by atoms with Gasteiger partial charge in [-0.05, 0) is 0 Å². The summed E-state index contributed by atoms with van der Waals surface area (Å²) in [6.45, 7) is 0. The standard InChI is InChI=1S/FH2O3P.2Na.H3O4P/c1-5(2,3)4;;;1-5(2,3)4/h(H2,2,3,4);;;(H3,1,2,3,4)/q;2*+1;/p-2. The van der Waals surface area contributed by atoms with Crippen molar-refractivity contribution in [3.8, 4) is 0 Å². The molecule has 0 saturated heterocycles. The van der Waals surface area contributed by atoms with Crippen molar-refractivity contribution in [1.82, 2.24) is 0 Å². The molecule has 0 atom stereocenters. The Bertz CT molecular complexity index is 132. The first-order valence-corrected chi connectivity index (χ1v) is 4.50. The van der Waals surface area contributed by atoms with E-state index in [4.69, 9.17) is 33.6 Å². The van der Waals surface area contributed by atoms with Crippen molar-refractivity contribution < 1.29 is 96.9 Å². The Morgan fingerprint density at radius 3 is 1.00 bits per heavy atom. The fourth-order valence-electron chi connectivity index (χ4n) is 0. The van der Waals surface area contributed by atoms with E-state index < -0.39 is 15.7 Å². The molecule has 0 spiro atoms. The molecule has 3 N–H and O–H groups in total. The summed E-state index contributed by atoms with van der Waals surface area (Å²) in [5, 5.41) is 0. The second-order valence-corrected chi connectivity index (χ2v) is 2.83. The van der Waals surface area contributed by atoms with Crippen molar-refractivity contribution in [1.29, 1.82) is 0 Å². The van der Waals surface area contributed by atoms with Gasteiger partial charge in [-0.15, -0.1) is 0 Å². The van der Waals surface area contributed by atoms with E-state index in [0.717, 1.165) is 0 Å². The molecule has 0 aliphatic heterocycles. The predicted molar refractivity (Wildman–Crippen MR) is 23.0 cm³/mol. The zero-order chi connectivity index (χ0) is 9.00. The van der Waals surface area contributed by atoms with Crippen molar-refractivity contribution >= 4 is 15.7 Å². The van der Waals surface area contributed by atoms with Gasteiger partial charge in [-0.3, -0.25) is 0 Å². The first-order chi connectivity index (χ1) is 4.00. The molecular formula is H3FNa2O7P2. The van der Waals surface area contributed by atoms with Gasteiger partial charge in [0.15, 0.2) is 0 Å². The van der Waals surface area contributed by atoms with Crippen molar-refractivity contribution in [2.75, 3.05) is 0 Å². The van der Waals surface area contributed by atoms with E-state index >= 15 is 0 Å². The maximum absolute atomic E-state index is 10.1. The average Bonchev–Trinajstić information content (AvgIpc) is 1.12. The molecule has 7 nitrogen and oxygen atoms in total. The number of rotatable bonds is 0. The third-order valence-electron chi connectivity index (χ3n) is 0. The number of halogens is 1. The molecule has 0 radical (unpaired) electrons. The molecule has 64 valence electrons. The van der Waals surface area contributed by atoms with Gasteiger partial charge in [0.05, 0.1) is 0 Å². The van der Waals surface area contributed by atoms with Crippen LogP contribution in [0.15, 0.2) is 0 Å². The summed E-state index contributed by atoms with van der Waals surface area (Å²) in [5.74, 6) is 0. The summed E-state index contributed by atoms with van der Waals surface area (Å²) in [6.07, 6.45) is 0. The summed E-state index contributed by atoms with van der Waals surface area (Å²) in [7, 11) is -10.3. The third-order valence-corrected chi connectivity index (χ3v) is 0. The molecule has 0 bridgehead atoms. The molecule has 0 rings (SSSR count). The van der Waals surface area contributed by atoms with Crippen LogP contribution in [0.5, 0.6) is 0 Å². The van der Waals surface area contributed by atoms with Crippen LogP contribution in [0, 0.1) is 0 Å². The maximum atomic E-state index is 10.1. The molecule has 0 heterocycles. The molecule has 0 aliphatic carbocycles. The molecule has 0 aromatic carbocycles. The van der Waals surface area contributed by atoms with Crippen LogP contribution in [0.25, 0.3) is 0 Å². The van der Waals surface area contributed by atoms with Gasteiger partial charge < -0.3 is 29.0 Å². The van der Waals surface area contributed by atoms with Gasteiger partial charge in [0.1, 0.15) is 7.91 Å². The van der Waals surface area contributed by atoms with Gasteiger partial charge in [-0.25, -0.2) is 8.76 Å². The Hall–Kier alpha value is 2.19. The minimum atomic E-state index is -5.64. The average molecular weight is 242 g/mol. The van der Waals surface area contributed by atoms with Crippen LogP contribution in [0.2, 0.25) is 0 Å². The van der Waals surface area contributed by atoms with E-state index in [9.17, 15) is 4.20 Å². The van der Waals surface area contributed by atoms with Crippen LogP contribution in [0.1, 0.15) is 0 Å². The van der Waals surface area contributed by atoms with E-state index in [2.05, 4.69) is 0 Å². The monoisotopic (exact) mass is 242 g/mol. The van der Waals surface area contributed by atoms with Crippen molar-refractivity contribution in [2.24, 2.45) is 0 Å². The first kappa shape index (κ1) is 23.8. The molecule has 0 fully saturated rings. The van der Waals surface area contributed by atoms with Crippen molar-refractivity contribution in [3.05, 3.63) is 0 Å². The molecule has 0 aliphatic rings. The number of hydrogen-bond donors (Lipinski definition) is 3. The second-order valence-electron chi connectivity index (χ2n) is 0.944. The van der Waals surface area contributed by atoms with Gasteiger partial charge in [0.2, 0.25) is 0 Å². The number of hydrogen-bond acceptors (Lipinski definition) is 4. The van der Waals surface area contributed by atoms with Crippen LogP contribution < -0.4 is 68.9 Å². The molecule has 0 aromatic rings. The van der Waals surface area contributed by atoms with E-state index in [1.165, 1.54) is 0 Å². The topological polar surface area (TPSA) is 141 Å². The molecule has 0 amide bonds. The number of phosphoric acid groups is 1. The Morgan fingerprint density at radius 2 is 1.00 bits per heavy atom. The summed E-state index contributed by atoms with van der Waals surface area (Å²) < 4.78 is 27.5. The molecule has 12 heteroatoms. The second kappa shape index (κ2) is 9.73.